The van der Waals surface area contributed by atoms with Crippen LogP contribution in [0.25, 0.3) is 0 Å². The van der Waals surface area contributed by atoms with Gasteiger partial charge in [-0.15, -0.1) is 0 Å². The first-order chi connectivity index (χ1) is 8.56. The third-order valence-electron chi connectivity index (χ3n) is 3.26. The SMILES string of the molecule is CCCCCN(Cc1cccc(N)c1Br)C(C)C. The first-order valence-corrected chi connectivity index (χ1v) is 7.62. The van der Waals surface area contributed by atoms with Crippen LogP contribution in [0.15, 0.2) is 22.7 Å². The number of hydrogen-bond acceptors (Lipinski definition) is 2. The molecule has 102 valence electrons. The largest absolute Gasteiger partial charge is 0.398 e. The first-order valence-electron chi connectivity index (χ1n) is 6.83. The van der Waals surface area contributed by atoms with Crippen LogP contribution in [0.1, 0.15) is 45.6 Å². The maximum absolute atomic E-state index is 5.93. The third-order valence-corrected chi connectivity index (χ3v) is 4.23. The minimum absolute atomic E-state index is 0.565. The molecule has 0 spiro atoms. The minimum Gasteiger partial charge on any atom is -0.398 e. The molecule has 0 aliphatic heterocycles. The topological polar surface area (TPSA) is 29.3 Å². The van der Waals surface area contributed by atoms with Gasteiger partial charge in [-0.3, -0.25) is 4.90 Å². The maximum atomic E-state index is 5.93. The van der Waals surface area contributed by atoms with E-state index in [0.717, 1.165) is 23.2 Å². The minimum atomic E-state index is 0.565. The van der Waals surface area contributed by atoms with Gasteiger partial charge >= 0.3 is 0 Å². The van der Waals surface area contributed by atoms with Crippen LogP contribution in [-0.2, 0) is 6.54 Å². The van der Waals surface area contributed by atoms with Crippen molar-refractivity contribution in [1.82, 2.24) is 4.90 Å². The molecule has 0 bridgehead atoms. The Morgan fingerprint density at radius 1 is 1.28 bits per heavy atom. The predicted molar refractivity (Wildman–Crippen MR) is 83.6 cm³/mol. The summed E-state index contributed by atoms with van der Waals surface area (Å²) in [6.07, 6.45) is 3.85. The molecule has 0 fully saturated rings. The summed E-state index contributed by atoms with van der Waals surface area (Å²) in [5.41, 5.74) is 8.03. The molecule has 1 aromatic carbocycles. The maximum Gasteiger partial charge on any atom is 0.0461 e. The number of rotatable bonds is 7. The zero-order valence-corrected chi connectivity index (χ0v) is 13.3. The van der Waals surface area contributed by atoms with Crippen molar-refractivity contribution in [2.45, 2.75) is 52.6 Å². The van der Waals surface area contributed by atoms with Crippen molar-refractivity contribution in [3.63, 3.8) is 0 Å². The van der Waals surface area contributed by atoms with E-state index in [-0.39, 0.29) is 0 Å². The summed E-state index contributed by atoms with van der Waals surface area (Å²) in [7, 11) is 0. The number of anilines is 1. The monoisotopic (exact) mass is 312 g/mol. The van der Waals surface area contributed by atoms with Gasteiger partial charge in [0.2, 0.25) is 0 Å². The molecule has 0 amide bonds. The van der Waals surface area contributed by atoms with E-state index in [0.29, 0.717) is 6.04 Å². The molecule has 18 heavy (non-hydrogen) atoms. The molecular weight excluding hydrogens is 288 g/mol. The van der Waals surface area contributed by atoms with Crippen LogP contribution in [0.3, 0.4) is 0 Å². The van der Waals surface area contributed by atoms with Crippen molar-refractivity contribution in [2.24, 2.45) is 0 Å². The number of nitrogen functional groups attached to an aromatic ring is 1. The summed E-state index contributed by atoms with van der Waals surface area (Å²) >= 11 is 3.59. The standard InChI is InChI=1S/C15H25BrN2/c1-4-5-6-10-18(12(2)3)11-13-8-7-9-14(17)15(13)16/h7-9,12H,4-6,10-11,17H2,1-3H3. The highest BCUT2D eigenvalue weighted by molar-refractivity contribution is 9.10. The molecule has 0 heterocycles. The number of nitrogens with zero attached hydrogens (tertiary/aromatic N) is 1. The van der Waals surface area contributed by atoms with Crippen molar-refractivity contribution in [3.05, 3.63) is 28.2 Å². The molecule has 0 saturated carbocycles. The summed E-state index contributed by atoms with van der Waals surface area (Å²) in [6, 6.07) is 6.68. The van der Waals surface area contributed by atoms with Gasteiger partial charge in [-0.05, 0) is 54.4 Å². The van der Waals surface area contributed by atoms with Gasteiger partial charge in [0.15, 0.2) is 0 Å². The van der Waals surface area contributed by atoms with E-state index < -0.39 is 0 Å². The van der Waals surface area contributed by atoms with Crippen LogP contribution in [-0.4, -0.2) is 17.5 Å². The lowest BCUT2D eigenvalue weighted by molar-refractivity contribution is 0.208. The molecule has 0 atom stereocenters. The van der Waals surface area contributed by atoms with Crippen LogP contribution in [0, 0.1) is 0 Å². The Morgan fingerprint density at radius 2 is 2.00 bits per heavy atom. The van der Waals surface area contributed by atoms with E-state index in [1.807, 2.05) is 12.1 Å². The van der Waals surface area contributed by atoms with Crippen molar-refractivity contribution < 1.29 is 0 Å². The normalized spacial score (nSPS) is 11.4. The van der Waals surface area contributed by atoms with Crippen molar-refractivity contribution in [3.8, 4) is 0 Å². The second kappa shape index (κ2) is 7.80. The van der Waals surface area contributed by atoms with Crippen molar-refractivity contribution in [1.29, 1.82) is 0 Å². The molecular formula is C15H25BrN2. The lowest BCUT2D eigenvalue weighted by atomic mass is 10.1. The number of nitrogens with two attached hydrogens (primary N) is 1. The molecule has 0 aliphatic carbocycles. The molecule has 1 rings (SSSR count). The van der Waals surface area contributed by atoms with E-state index >= 15 is 0 Å². The van der Waals surface area contributed by atoms with E-state index in [4.69, 9.17) is 5.73 Å². The van der Waals surface area contributed by atoms with Gasteiger partial charge in [0, 0.05) is 22.7 Å². The third kappa shape index (κ3) is 4.62. The molecule has 2 N–H and O–H groups in total. The van der Waals surface area contributed by atoms with E-state index in [9.17, 15) is 0 Å². The van der Waals surface area contributed by atoms with Gasteiger partial charge in [0.1, 0.15) is 0 Å². The van der Waals surface area contributed by atoms with Crippen LogP contribution in [0.5, 0.6) is 0 Å². The van der Waals surface area contributed by atoms with Gasteiger partial charge in [-0.2, -0.15) is 0 Å². The lowest BCUT2D eigenvalue weighted by Gasteiger charge is -2.27. The van der Waals surface area contributed by atoms with Gasteiger partial charge in [-0.1, -0.05) is 31.9 Å². The quantitative estimate of drug-likeness (QED) is 0.596. The average molecular weight is 313 g/mol. The molecule has 0 aliphatic rings. The fourth-order valence-electron chi connectivity index (χ4n) is 2.03. The summed E-state index contributed by atoms with van der Waals surface area (Å²) < 4.78 is 1.05. The average Bonchev–Trinajstić information content (AvgIpc) is 2.33. The molecule has 0 aromatic heterocycles. The second-order valence-electron chi connectivity index (χ2n) is 5.09. The molecule has 0 radical (unpaired) electrons. The Kier molecular flexibility index (Phi) is 6.72. The number of hydrogen-bond donors (Lipinski definition) is 1. The summed E-state index contributed by atoms with van der Waals surface area (Å²) in [5, 5.41) is 0. The van der Waals surface area contributed by atoms with Crippen LogP contribution >= 0.6 is 15.9 Å². The number of halogens is 1. The van der Waals surface area contributed by atoms with Gasteiger partial charge in [0.05, 0.1) is 0 Å². The number of unbranched alkanes of at least 4 members (excludes halogenated alkanes) is 2. The van der Waals surface area contributed by atoms with Gasteiger partial charge < -0.3 is 5.73 Å². The highest BCUT2D eigenvalue weighted by Crippen LogP contribution is 2.25. The highest BCUT2D eigenvalue weighted by Gasteiger charge is 2.12. The van der Waals surface area contributed by atoms with Crippen molar-refractivity contribution in [2.75, 3.05) is 12.3 Å². The Labute approximate surface area is 120 Å². The Bertz CT molecular complexity index is 364. The summed E-state index contributed by atoms with van der Waals surface area (Å²) in [5.74, 6) is 0. The van der Waals surface area contributed by atoms with Gasteiger partial charge in [0.25, 0.3) is 0 Å². The summed E-state index contributed by atoms with van der Waals surface area (Å²) in [6.45, 7) is 8.88. The molecule has 0 unspecified atom stereocenters. The predicted octanol–water partition coefficient (Wildman–Crippen LogP) is 4.43. The van der Waals surface area contributed by atoms with Crippen LogP contribution in [0.2, 0.25) is 0 Å². The Balaban J connectivity index is 2.68. The zero-order chi connectivity index (χ0) is 13.5. The Hall–Kier alpha value is -0.540. The zero-order valence-electron chi connectivity index (χ0n) is 11.7. The number of benzene rings is 1. The van der Waals surface area contributed by atoms with Crippen LogP contribution < -0.4 is 5.73 Å². The molecule has 2 nitrogen and oxygen atoms in total. The van der Waals surface area contributed by atoms with E-state index in [2.05, 4.69) is 47.7 Å². The van der Waals surface area contributed by atoms with Crippen molar-refractivity contribution >= 4 is 21.6 Å². The molecule has 0 saturated heterocycles. The van der Waals surface area contributed by atoms with E-state index in [1.165, 1.54) is 24.8 Å². The Morgan fingerprint density at radius 3 is 2.61 bits per heavy atom. The summed E-state index contributed by atoms with van der Waals surface area (Å²) in [4.78, 5) is 2.51. The van der Waals surface area contributed by atoms with Gasteiger partial charge in [-0.25, -0.2) is 0 Å². The smallest absolute Gasteiger partial charge is 0.0461 e. The highest BCUT2D eigenvalue weighted by atomic mass is 79.9. The van der Waals surface area contributed by atoms with Crippen LogP contribution in [0.4, 0.5) is 5.69 Å². The second-order valence-corrected chi connectivity index (χ2v) is 5.88. The fraction of sp³-hybridized carbons (Fsp3) is 0.600. The lowest BCUT2D eigenvalue weighted by Crippen LogP contribution is -2.31. The van der Waals surface area contributed by atoms with E-state index in [1.54, 1.807) is 0 Å². The first kappa shape index (κ1) is 15.5. The fourth-order valence-corrected chi connectivity index (χ4v) is 2.42. The molecule has 1 aromatic rings. The molecule has 3 heteroatoms.